The van der Waals surface area contributed by atoms with Gasteiger partial charge in [-0.1, -0.05) is 6.92 Å². The number of nitrogens with zero attached hydrogens (tertiary/aromatic N) is 4. The molecule has 1 atom stereocenters. The van der Waals surface area contributed by atoms with Crippen molar-refractivity contribution in [3.63, 3.8) is 0 Å². The molecule has 0 aliphatic carbocycles. The Bertz CT molecular complexity index is 403. The first kappa shape index (κ1) is 13.0. The average Bonchev–Trinajstić information content (AvgIpc) is 2.73. The molecule has 100 valence electrons. The van der Waals surface area contributed by atoms with Crippen LogP contribution in [-0.4, -0.2) is 44.7 Å². The van der Waals surface area contributed by atoms with E-state index in [0.717, 1.165) is 38.3 Å². The van der Waals surface area contributed by atoms with Crippen LogP contribution in [0.15, 0.2) is 6.33 Å². The molecule has 6 heteroatoms. The summed E-state index contributed by atoms with van der Waals surface area (Å²) < 4.78 is 1.89. The number of nitrogens with one attached hydrogen (secondary N) is 1. The third-order valence-corrected chi connectivity index (χ3v) is 3.20. The van der Waals surface area contributed by atoms with Crippen LogP contribution in [0.4, 0.5) is 0 Å². The lowest BCUT2D eigenvalue weighted by Gasteiger charge is -2.22. The molecule has 1 aliphatic rings. The Labute approximate surface area is 107 Å². The van der Waals surface area contributed by atoms with Gasteiger partial charge in [-0.3, -0.25) is 4.79 Å². The van der Waals surface area contributed by atoms with Crippen molar-refractivity contribution in [3.8, 4) is 0 Å². The summed E-state index contributed by atoms with van der Waals surface area (Å²) in [4.78, 5) is 18.3. The quantitative estimate of drug-likeness (QED) is 0.841. The lowest BCUT2D eigenvalue weighted by Crippen LogP contribution is -2.41. The molecule has 1 N–H and O–H groups in total. The molecule has 0 aromatic carbocycles. The molecule has 0 spiro atoms. The molecule has 1 aromatic rings. The number of aromatic nitrogens is 3. The fraction of sp³-hybridized carbons (Fsp3) is 0.750. The van der Waals surface area contributed by atoms with Crippen LogP contribution in [0.1, 0.15) is 32.5 Å². The zero-order valence-electron chi connectivity index (χ0n) is 11.1. The fourth-order valence-corrected chi connectivity index (χ4v) is 2.20. The van der Waals surface area contributed by atoms with Crippen molar-refractivity contribution in [3.05, 3.63) is 12.2 Å². The number of hydrogen-bond donors (Lipinski definition) is 1. The van der Waals surface area contributed by atoms with Gasteiger partial charge >= 0.3 is 0 Å². The van der Waals surface area contributed by atoms with Crippen LogP contribution in [-0.2, 0) is 17.9 Å². The number of amides is 1. The smallest absolute Gasteiger partial charge is 0.239 e. The van der Waals surface area contributed by atoms with Crippen LogP contribution in [0.5, 0.6) is 0 Å². The van der Waals surface area contributed by atoms with Gasteiger partial charge in [-0.2, -0.15) is 5.10 Å². The molecule has 1 aliphatic heterocycles. The SMILES string of the molecule is CCCn1ncnc1CN1CCCNC(C)C1=O. The Kier molecular flexibility index (Phi) is 4.30. The summed E-state index contributed by atoms with van der Waals surface area (Å²) in [6.45, 7) is 7.11. The van der Waals surface area contributed by atoms with E-state index < -0.39 is 0 Å². The van der Waals surface area contributed by atoms with E-state index in [-0.39, 0.29) is 11.9 Å². The molecule has 1 saturated heterocycles. The first-order valence-corrected chi connectivity index (χ1v) is 6.61. The molecular weight excluding hydrogens is 230 g/mol. The second-order valence-electron chi connectivity index (χ2n) is 4.69. The maximum absolute atomic E-state index is 12.1. The average molecular weight is 251 g/mol. The van der Waals surface area contributed by atoms with Gasteiger partial charge in [0.2, 0.25) is 5.91 Å². The number of hydrogen-bond acceptors (Lipinski definition) is 4. The second kappa shape index (κ2) is 5.95. The lowest BCUT2D eigenvalue weighted by atomic mass is 10.3. The lowest BCUT2D eigenvalue weighted by molar-refractivity contribution is -0.132. The Balaban J connectivity index is 2.06. The first-order chi connectivity index (χ1) is 8.72. The molecule has 0 saturated carbocycles. The minimum atomic E-state index is -0.102. The molecule has 1 amide bonds. The van der Waals surface area contributed by atoms with Gasteiger partial charge in [0.1, 0.15) is 12.2 Å². The fourth-order valence-electron chi connectivity index (χ4n) is 2.20. The zero-order chi connectivity index (χ0) is 13.0. The third kappa shape index (κ3) is 2.87. The van der Waals surface area contributed by atoms with Crippen molar-refractivity contribution >= 4 is 5.91 Å². The predicted molar refractivity (Wildman–Crippen MR) is 67.8 cm³/mol. The Morgan fingerprint density at radius 2 is 2.39 bits per heavy atom. The van der Waals surface area contributed by atoms with Gasteiger partial charge in [-0.05, 0) is 26.3 Å². The molecule has 1 fully saturated rings. The Morgan fingerprint density at radius 1 is 1.56 bits per heavy atom. The van der Waals surface area contributed by atoms with Crippen molar-refractivity contribution in [1.82, 2.24) is 25.0 Å². The monoisotopic (exact) mass is 251 g/mol. The summed E-state index contributed by atoms with van der Waals surface area (Å²) in [7, 11) is 0. The third-order valence-electron chi connectivity index (χ3n) is 3.20. The molecule has 18 heavy (non-hydrogen) atoms. The number of rotatable bonds is 4. The van der Waals surface area contributed by atoms with E-state index in [4.69, 9.17) is 0 Å². The number of aryl methyl sites for hydroxylation is 1. The van der Waals surface area contributed by atoms with Crippen molar-refractivity contribution in [2.45, 2.75) is 45.8 Å². The van der Waals surface area contributed by atoms with Crippen LogP contribution >= 0.6 is 0 Å². The first-order valence-electron chi connectivity index (χ1n) is 6.61. The van der Waals surface area contributed by atoms with Crippen LogP contribution in [0.25, 0.3) is 0 Å². The van der Waals surface area contributed by atoms with Gasteiger partial charge in [0.05, 0.1) is 12.6 Å². The normalized spacial score (nSPS) is 21.1. The highest BCUT2D eigenvalue weighted by molar-refractivity contribution is 5.81. The summed E-state index contributed by atoms with van der Waals surface area (Å²) in [5.41, 5.74) is 0. The zero-order valence-corrected chi connectivity index (χ0v) is 11.1. The van der Waals surface area contributed by atoms with Gasteiger partial charge < -0.3 is 10.2 Å². The number of carbonyl (C=O) groups excluding carboxylic acids is 1. The minimum Gasteiger partial charge on any atom is -0.334 e. The van der Waals surface area contributed by atoms with Gasteiger partial charge in [0.25, 0.3) is 0 Å². The molecule has 1 unspecified atom stereocenters. The van der Waals surface area contributed by atoms with Crippen molar-refractivity contribution < 1.29 is 4.79 Å². The van der Waals surface area contributed by atoms with Crippen LogP contribution in [0, 0.1) is 0 Å². The van der Waals surface area contributed by atoms with E-state index in [0.29, 0.717) is 6.54 Å². The topological polar surface area (TPSA) is 63.1 Å². The van der Waals surface area contributed by atoms with Crippen molar-refractivity contribution in [1.29, 1.82) is 0 Å². The van der Waals surface area contributed by atoms with Crippen LogP contribution in [0.3, 0.4) is 0 Å². The van der Waals surface area contributed by atoms with E-state index >= 15 is 0 Å². The van der Waals surface area contributed by atoms with E-state index in [9.17, 15) is 4.79 Å². The Hall–Kier alpha value is -1.43. The van der Waals surface area contributed by atoms with E-state index in [1.54, 1.807) is 6.33 Å². The van der Waals surface area contributed by atoms with Crippen molar-refractivity contribution in [2.24, 2.45) is 0 Å². The van der Waals surface area contributed by atoms with E-state index in [1.165, 1.54) is 0 Å². The molecular formula is C12H21N5O. The summed E-state index contributed by atoms with van der Waals surface area (Å²) >= 11 is 0. The van der Waals surface area contributed by atoms with Crippen LogP contribution < -0.4 is 5.32 Å². The number of carbonyl (C=O) groups is 1. The molecule has 2 rings (SSSR count). The minimum absolute atomic E-state index is 0.102. The van der Waals surface area contributed by atoms with E-state index in [2.05, 4.69) is 22.3 Å². The second-order valence-corrected chi connectivity index (χ2v) is 4.69. The van der Waals surface area contributed by atoms with Gasteiger partial charge in [-0.15, -0.1) is 0 Å². The highest BCUT2D eigenvalue weighted by Gasteiger charge is 2.24. The maximum Gasteiger partial charge on any atom is 0.239 e. The molecule has 6 nitrogen and oxygen atoms in total. The van der Waals surface area contributed by atoms with Gasteiger partial charge in [0, 0.05) is 13.1 Å². The molecule has 0 radical (unpaired) electrons. The maximum atomic E-state index is 12.1. The summed E-state index contributed by atoms with van der Waals surface area (Å²) in [6.07, 6.45) is 3.56. The van der Waals surface area contributed by atoms with Crippen LogP contribution in [0.2, 0.25) is 0 Å². The van der Waals surface area contributed by atoms with E-state index in [1.807, 2.05) is 16.5 Å². The Morgan fingerprint density at radius 3 is 3.17 bits per heavy atom. The predicted octanol–water partition coefficient (Wildman–Crippen LogP) is 0.398. The highest BCUT2D eigenvalue weighted by atomic mass is 16.2. The summed E-state index contributed by atoms with van der Waals surface area (Å²) in [5.74, 6) is 1.03. The molecule has 1 aromatic heterocycles. The highest BCUT2D eigenvalue weighted by Crippen LogP contribution is 2.08. The van der Waals surface area contributed by atoms with Crippen molar-refractivity contribution in [2.75, 3.05) is 13.1 Å². The van der Waals surface area contributed by atoms with Gasteiger partial charge in [0.15, 0.2) is 0 Å². The molecule has 2 heterocycles. The van der Waals surface area contributed by atoms with Gasteiger partial charge in [-0.25, -0.2) is 9.67 Å². The largest absolute Gasteiger partial charge is 0.334 e. The summed E-state index contributed by atoms with van der Waals surface area (Å²) in [6, 6.07) is -0.102. The molecule has 0 bridgehead atoms. The standard InChI is InChI=1S/C12H21N5O/c1-3-6-17-11(14-9-15-17)8-16-7-4-5-13-10(2)12(16)18/h9-10,13H,3-8H2,1-2H3. The summed E-state index contributed by atoms with van der Waals surface area (Å²) in [5, 5.41) is 7.40.